The number of amidine groups is 1. The van der Waals surface area contributed by atoms with Crippen LogP contribution in [0.5, 0.6) is 0 Å². The second-order valence-corrected chi connectivity index (χ2v) is 10.2. The fraction of sp³-hybridized carbons (Fsp3) is 0.107. The Balaban J connectivity index is 1.54. The molecular weight excluding hydrogens is 522 g/mol. The van der Waals surface area contributed by atoms with Gasteiger partial charge in [0, 0.05) is 44.9 Å². The number of anilines is 1. The second-order valence-electron chi connectivity index (χ2n) is 8.86. The Hall–Kier alpha value is -4.64. The van der Waals surface area contributed by atoms with Gasteiger partial charge in [0.15, 0.2) is 11.6 Å². The smallest absolute Gasteiger partial charge is 0.199 e. The number of benzene rings is 3. The lowest BCUT2D eigenvalue weighted by Crippen LogP contribution is -2.15. The number of rotatable bonds is 8. The van der Waals surface area contributed by atoms with Crippen molar-refractivity contribution < 1.29 is 17.8 Å². The predicted molar refractivity (Wildman–Crippen MR) is 151 cm³/mol. The van der Waals surface area contributed by atoms with Crippen LogP contribution in [0, 0.1) is 11.6 Å². The lowest BCUT2D eigenvalue weighted by Gasteiger charge is -2.11. The van der Waals surface area contributed by atoms with E-state index in [0.717, 1.165) is 28.6 Å². The van der Waals surface area contributed by atoms with Crippen molar-refractivity contribution in [1.82, 2.24) is 9.97 Å². The van der Waals surface area contributed by atoms with Crippen LogP contribution in [0.4, 0.5) is 14.5 Å². The molecule has 0 fully saturated rings. The molecule has 5 aromatic rings. The molecule has 0 amide bonds. The minimum absolute atomic E-state index is 0.0966. The Morgan fingerprint density at radius 1 is 1.03 bits per heavy atom. The Morgan fingerprint density at radius 2 is 1.77 bits per heavy atom. The first-order valence-electron chi connectivity index (χ1n) is 12.0. The molecule has 0 aliphatic rings. The molecule has 5 rings (SSSR count). The number of aromatic amines is 1. The third-order valence-corrected chi connectivity index (χ3v) is 7.52. The molecule has 8 nitrogen and oxygen atoms in total. The van der Waals surface area contributed by atoms with Crippen LogP contribution in [0.1, 0.15) is 34.8 Å². The van der Waals surface area contributed by atoms with Gasteiger partial charge < -0.3 is 21.3 Å². The van der Waals surface area contributed by atoms with Crippen LogP contribution >= 0.6 is 0 Å². The largest absolute Gasteiger partial charge is 0.382 e. The Morgan fingerprint density at radius 3 is 2.49 bits per heavy atom. The fourth-order valence-electron chi connectivity index (χ4n) is 4.32. The van der Waals surface area contributed by atoms with Gasteiger partial charge in [-0.3, -0.25) is 4.79 Å². The van der Waals surface area contributed by atoms with Crippen molar-refractivity contribution >= 4 is 50.2 Å². The number of pyridine rings is 1. The number of hydrazone groups is 1. The minimum atomic E-state index is -1.56. The van der Waals surface area contributed by atoms with E-state index in [-0.39, 0.29) is 22.8 Å². The lowest BCUT2D eigenvalue weighted by atomic mass is 9.99. The van der Waals surface area contributed by atoms with Gasteiger partial charge in [-0.05, 0) is 48.4 Å². The van der Waals surface area contributed by atoms with Crippen molar-refractivity contribution in [2.75, 3.05) is 10.5 Å². The third kappa shape index (κ3) is 4.96. The lowest BCUT2D eigenvalue weighted by molar-refractivity contribution is 0.103. The van der Waals surface area contributed by atoms with Gasteiger partial charge in [-0.25, -0.2) is 18.0 Å². The van der Waals surface area contributed by atoms with Crippen LogP contribution in [0.2, 0.25) is 0 Å². The van der Waals surface area contributed by atoms with Gasteiger partial charge in [0.2, 0.25) is 0 Å². The van der Waals surface area contributed by atoms with Crippen LogP contribution in [0.25, 0.3) is 33.1 Å². The molecule has 39 heavy (non-hydrogen) atoms. The summed E-state index contributed by atoms with van der Waals surface area (Å²) in [5.41, 5.74) is 8.61. The summed E-state index contributed by atoms with van der Waals surface area (Å²) in [5, 5.41) is 4.89. The number of fused-ring (bicyclic) bond motifs is 3. The molecule has 6 N–H and O–H groups in total. The fourth-order valence-corrected chi connectivity index (χ4v) is 5.20. The first-order chi connectivity index (χ1) is 18.8. The summed E-state index contributed by atoms with van der Waals surface area (Å²) >= 11 is 0. The van der Waals surface area contributed by atoms with E-state index in [2.05, 4.69) is 19.8 Å². The molecule has 0 saturated carbocycles. The number of nitrogens with two attached hydrogens (primary N) is 2. The number of hydrogen-bond acceptors (Lipinski definition) is 5. The van der Waals surface area contributed by atoms with Gasteiger partial charge in [0.05, 0.1) is 11.3 Å². The normalized spacial score (nSPS) is 12.6. The highest BCUT2D eigenvalue weighted by molar-refractivity contribution is 7.86. The maximum Gasteiger partial charge on any atom is 0.199 e. The van der Waals surface area contributed by atoms with E-state index in [1.165, 1.54) is 6.07 Å². The minimum Gasteiger partial charge on any atom is -0.382 e. The van der Waals surface area contributed by atoms with Crippen molar-refractivity contribution in [1.29, 1.82) is 0 Å². The number of ketones is 1. The van der Waals surface area contributed by atoms with Crippen molar-refractivity contribution in [2.45, 2.75) is 13.3 Å². The van der Waals surface area contributed by atoms with E-state index in [9.17, 15) is 13.4 Å². The summed E-state index contributed by atoms with van der Waals surface area (Å²) in [4.78, 5) is 21.0. The zero-order chi connectivity index (χ0) is 27.7. The molecule has 2 heterocycles. The summed E-state index contributed by atoms with van der Waals surface area (Å²) in [6.07, 6.45) is 2.32. The van der Waals surface area contributed by atoms with Gasteiger partial charge in [-0.1, -0.05) is 31.2 Å². The number of halogens is 2. The number of H-pyrrole nitrogens is 1. The van der Waals surface area contributed by atoms with E-state index in [1.54, 1.807) is 30.5 Å². The quantitative estimate of drug-likeness (QED) is 0.0717. The van der Waals surface area contributed by atoms with E-state index < -0.39 is 34.0 Å². The zero-order valence-corrected chi connectivity index (χ0v) is 21.6. The molecule has 1 unspecified atom stereocenters. The van der Waals surface area contributed by atoms with Gasteiger partial charge in [-0.2, -0.15) is 5.10 Å². The summed E-state index contributed by atoms with van der Waals surface area (Å²) < 4.78 is 44.5. The van der Waals surface area contributed by atoms with Crippen LogP contribution in [-0.4, -0.2) is 31.5 Å². The van der Waals surface area contributed by atoms with Gasteiger partial charge in [0.25, 0.3) is 0 Å². The average Bonchev–Trinajstić information content (AvgIpc) is 3.31. The highest BCUT2D eigenvalue weighted by atomic mass is 32.2. The van der Waals surface area contributed by atoms with Crippen LogP contribution < -0.4 is 16.3 Å². The van der Waals surface area contributed by atoms with E-state index in [0.29, 0.717) is 28.5 Å². The molecule has 0 aliphatic heterocycles. The van der Waals surface area contributed by atoms with Gasteiger partial charge in [0.1, 0.15) is 28.3 Å². The molecule has 198 valence electrons. The molecule has 0 radical (unpaired) electrons. The maximum atomic E-state index is 15.2. The topological polar surface area (TPSA) is 139 Å². The van der Waals surface area contributed by atoms with Crippen molar-refractivity contribution in [3.8, 4) is 11.1 Å². The Labute approximate surface area is 224 Å². The molecule has 0 bridgehead atoms. The molecule has 2 aromatic heterocycles. The number of nitrogens with one attached hydrogen (secondary N) is 2. The number of aromatic nitrogens is 2. The molecule has 3 aromatic carbocycles. The highest BCUT2D eigenvalue weighted by Gasteiger charge is 2.23. The molecular formula is C28H24F2N6O2S. The SMILES string of the molecule is CCCS(=O)Nc1ccc(F)c(C(=O)c2ccc3[nH]c4ncc(-c5ccc(/C(N)=N/N)cc5)cc4c3c2)c1F. The Bertz CT molecular complexity index is 1780. The van der Waals surface area contributed by atoms with Crippen LogP contribution in [0.15, 0.2) is 72.0 Å². The van der Waals surface area contributed by atoms with Crippen molar-refractivity contribution in [3.63, 3.8) is 0 Å². The van der Waals surface area contributed by atoms with Crippen molar-refractivity contribution in [2.24, 2.45) is 16.7 Å². The molecule has 11 heteroatoms. The van der Waals surface area contributed by atoms with Gasteiger partial charge in [-0.15, -0.1) is 0 Å². The monoisotopic (exact) mass is 546 g/mol. The molecule has 0 aliphatic carbocycles. The van der Waals surface area contributed by atoms with E-state index in [4.69, 9.17) is 11.6 Å². The molecule has 1 atom stereocenters. The van der Waals surface area contributed by atoms with E-state index in [1.807, 2.05) is 25.1 Å². The molecule has 0 spiro atoms. The summed E-state index contributed by atoms with van der Waals surface area (Å²) in [5.74, 6) is 2.83. The number of nitrogens with zero attached hydrogens (tertiary/aromatic N) is 2. The first kappa shape index (κ1) is 26.0. The highest BCUT2D eigenvalue weighted by Crippen LogP contribution is 2.31. The third-order valence-electron chi connectivity index (χ3n) is 6.30. The summed E-state index contributed by atoms with van der Waals surface area (Å²) in [6, 6.07) is 16.1. The number of carbonyl (C=O) groups is 1. The standard InChI is InChI=1S/C28H24F2N6O2S/c1-2-11-39(38)36-23-10-8-21(29)24(25(23)30)26(37)17-7-9-22-19(12-17)20-13-18(14-33-28(20)34-22)15-3-5-16(6-4-15)27(31)35-32/h3-10,12-14,36H,2,11,32H2,1H3,(H2,31,35)(H,33,34). The van der Waals surface area contributed by atoms with E-state index >= 15 is 4.39 Å². The van der Waals surface area contributed by atoms with Crippen LogP contribution in [-0.2, 0) is 11.0 Å². The number of hydrogen-bond donors (Lipinski definition) is 4. The summed E-state index contributed by atoms with van der Waals surface area (Å²) in [7, 11) is -1.56. The van der Waals surface area contributed by atoms with Crippen LogP contribution in [0.3, 0.4) is 0 Å². The van der Waals surface area contributed by atoms with Gasteiger partial charge >= 0.3 is 0 Å². The first-order valence-corrected chi connectivity index (χ1v) is 13.4. The number of carbonyl (C=O) groups excluding carboxylic acids is 1. The Kier molecular flexibility index (Phi) is 7.07. The average molecular weight is 547 g/mol. The second kappa shape index (κ2) is 10.6. The zero-order valence-electron chi connectivity index (χ0n) is 20.8. The predicted octanol–water partition coefficient (Wildman–Crippen LogP) is 4.96. The summed E-state index contributed by atoms with van der Waals surface area (Å²) in [6.45, 7) is 1.83. The maximum absolute atomic E-state index is 15.2. The van der Waals surface area contributed by atoms with Crippen molar-refractivity contribution in [3.05, 3.63) is 95.2 Å². The molecule has 0 saturated heterocycles.